The second kappa shape index (κ2) is 3.56. The van der Waals surface area contributed by atoms with Gasteiger partial charge in [-0.25, -0.2) is 0 Å². The maximum atomic E-state index is 10.9. The molecule has 1 fully saturated rings. The molecule has 1 atom stereocenters. The van der Waals surface area contributed by atoms with Crippen molar-refractivity contribution in [3.05, 3.63) is 0 Å². The van der Waals surface area contributed by atoms with Gasteiger partial charge in [0.25, 0.3) is 0 Å². The van der Waals surface area contributed by atoms with Gasteiger partial charge in [-0.05, 0) is 19.4 Å². The Hall–Kier alpha value is -0.570. The summed E-state index contributed by atoms with van der Waals surface area (Å²) < 4.78 is 4.61. The first kappa shape index (κ1) is 7.54. The molecule has 0 aromatic heterocycles. The molecule has 1 aliphatic heterocycles. The van der Waals surface area contributed by atoms with Crippen LogP contribution in [0.15, 0.2) is 0 Å². The summed E-state index contributed by atoms with van der Waals surface area (Å²) in [6.07, 6.45) is 2.05. The average molecular weight is 143 g/mol. The molecule has 0 saturated carbocycles. The second-order valence-electron chi connectivity index (χ2n) is 2.57. The normalized spacial score (nSPS) is 25.9. The van der Waals surface area contributed by atoms with Crippen molar-refractivity contribution < 1.29 is 9.53 Å². The fraction of sp³-hybridized carbons (Fsp3) is 0.857. The van der Waals surface area contributed by atoms with Crippen molar-refractivity contribution in [1.82, 2.24) is 5.32 Å². The van der Waals surface area contributed by atoms with Crippen LogP contribution in [0.4, 0.5) is 0 Å². The second-order valence-corrected chi connectivity index (χ2v) is 2.57. The summed E-state index contributed by atoms with van der Waals surface area (Å²) in [5.74, 6) is 0.0194. The molecule has 0 radical (unpaired) electrons. The standard InChI is InChI=1S/C7H13NO2/c1-10-7(9)6-3-2-4-8-5-6/h6,8H,2-5H2,1H3/t6-/m1/s1. The first-order valence-electron chi connectivity index (χ1n) is 3.63. The van der Waals surface area contributed by atoms with E-state index in [1.807, 2.05) is 0 Å². The van der Waals surface area contributed by atoms with E-state index in [2.05, 4.69) is 10.1 Å². The van der Waals surface area contributed by atoms with E-state index in [0.717, 1.165) is 25.9 Å². The highest BCUT2D eigenvalue weighted by molar-refractivity contribution is 5.72. The van der Waals surface area contributed by atoms with E-state index < -0.39 is 0 Å². The largest absolute Gasteiger partial charge is 0.469 e. The van der Waals surface area contributed by atoms with Crippen LogP contribution in [0.1, 0.15) is 12.8 Å². The number of ether oxygens (including phenoxy) is 1. The summed E-state index contributed by atoms with van der Waals surface area (Å²) in [5, 5.41) is 3.15. The Kier molecular flexibility index (Phi) is 2.68. The molecule has 3 heteroatoms. The van der Waals surface area contributed by atoms with E-state index in [4.69, 9.17) is 0 Å². The Morgan fingerprint density at radius 2 is 2.50 bits per heavy atom. The zero-order valence-electron chi connectivity index (χ0n) is 6.22. The number of hydrogen-bond acceptors (Lipinski definition) is 3. The molecular weight excluding hydrogens is 130 g/mol. The van der Waals surface area contributed by atoms with Gasteiger partial charge in [-0.15, -0.1) is 0 Å². The van der Waals surface area contributed by atoms with E-state index in [9.17, 15) is 4.79 Å². The zero-order valence-corrected chi connectivity index (χ0v) is 6.22. The van der Waals surface area contributed by atoms with Crippen LogP contribution in [0.3, 0.4) is 0 Å². The number of carbonyl (C=O) groups excluding carboxylic acids is 1. The lowest BCUT2D eigenvalue weighted by molar-refractivity contribution is -0.145. The Morgan fingerprint density at radius 3 is 3.00 bits per heavy atom. The molecule has 3 nitrogen and oxygen atoms in total. The van der Waals surface area contributed by atoms with Crippen LogP contribution < -0.4 is 5.32 Å². The van der Waals surface area contributed by atoms with Gasteiger partial charge in [0.15, 0.2) is 0 Å². The lowest BCUT2D eigenvalue weighted by atomic mass is 10.0. The van der Waals surface area contributed by atoms with Gasteiger partial charge in [0.05, 0.1) is 13.0 Å². The summed E-state index contributed by atoms with van der Waals surface area (Å²) in [5.41, 5.74) is 0. The molecule has 0 spiro atoms. The van der Waals surface area contributed by atoms with Gasteiger partial charge in [0.2, 0.25) is 0 Å². The minimum Gasteiger partial charge on any atom is -0.469 e. The zero-order chi connectivity index (χ0) is 7.40. The lowest BCUT2D eigenvalue weighted by Gasteiger charge is -2.19. The van der Waals surface area contributed by atoms with Gasteiger partial charge in [-0.2, -0.15) is 0 Å². The third kappa shape index (κ3) is 1.70. The highest BCUT2D eigenvalue weighted by Gasteiger charge is 2.20. The van der Waals surface area contributed by atoms with Crippen molar-refractivity contribution in [3.63, 3.8) is 0 Å². The van der Waals surface area contributed by atoms with Gasteiger partial charge in [-0.3, -0.25) is 4.79 Å². The molecule has 0 bridgehead atoms. The van der Waals surface area contributed by atoms with Gasteiger partial charge in [0.1, 0.15) is 0 Å². The average Bonchev–Trinajstić information content (AvgIpc) is 2.05. The molecule has 0 aromatic carbocycles. The monoisotopic (exact) mass is 143 g/mol. The van der Waals surface area contributed by atoms with Gasteiger partial charge < -0.3 is 10.1 Å². The maximum Gasteiger partial charge on any atom is 0.309 e. The molecule has 0 unspecified atom stereocenters. The van der Waals surface area contributed by atoms with Crippen LogP contribution in [0.2, 0.25) is 0 Å². The smallest absolute Gasteiger partial charge is 0.309 e. The highest BCUT2D eigenvalue weighted by Crippen LogP contribution is 2.10. The molecule has 1 rings (SSSR count). The Bertz CT molecular complexity index is 119. The van der Waals surface area contributed by atoms with Crippen molar-refractivity contribution in [2.24, 2.45) is 5.92 Å². The van der Waals surface area contributed by atoms with E-state index >= 15 is 0 Å². The number of carbonyl (C=O) groups is 1. The molecule has 0 aliphatic carbocycles. The highest BCUT2D eigenvalue weighted by atomic mass is 16.5. The Balaban J connectivity index is 2.31. The van der Waals surface area contributed by atoms with Gasteiger partial charge in [-0.1, -0.05) is 0 Å². The fourth-order valence-electron chi connectivity index (χ4n) is 1.22. The van der Waals surface area contributed by atoms with E-state index in [0.29, 0.717) is 0 Å². The summed E-state index contributed by atoms with van der Waals surface area (Å²) in [6, 6.07) is 0. The van der Waals surface area contributed by atoms with Crippen molar-refractivity contribution in [2.75, 3.05) is 20.2 Å². The molecular formula is C7H13NO2. The van der Waals surface area contributed by atoms with E-state index in [1.165, 1.54) is 7.11 Å². The predicted molar refractivity (Wildman–Crippen MR) is 37.6 cm³/mol. The third-order valence-corrected chi connectivity index (χ3v) is 1.83. The van der Waals surface area contributed by atoms with Crippen LogP contribution in [0.5, 0.6) is 0 Å². The van der Waals surface area contributed by atoms with Crippen LogP contribution in [-0.2, 0) is 9.53 Å². The molecule has 1 aliphatic rings. The summed E-state index contributed by atoms with van der Waals surface area (Å²) >= 11 is 0. The third-order valence-electron chi connectivity index (χ3n) is 1.83. The number of rotatable bonds is 1. The van der Waals surface area contributed by atoms with Crippen molar-refractivity contribution >= 4 is 5.97 Å². The molecule has 1 heterocycles. The number of hydrogen-bond donors (Lipinski definition) is 1. The SMILES string of the molecule is COC(=O)[C@@H]1CCCNC1. The fourth-order valence-corrected chi connectivity index (χ4v) is 1.22. The van der Waals surface area contributed by atoms with Gasteiger partial charge >= 0.3 is 5.97 Å². The van der Waals surface area contributed by atoms with Crippen LogP contribution in [-0.4, -0.2) is 26.2 Å². The molecule has 1 saturated heterocycles. The number of piperidine rings is 1. The first-order valence-corrected chi connectivity index (χ1v) is 3.63. The molecule has 58 valence electrons. The first-order chi connectivity index (χ1) is 4.84. The van der Waals surface area contributed by atoms with Crippen LogP contribution in [0, 0.1) is 5.92 Å². The number of methoxy groups -OCH3 is 1. The van der Waals surface area contributed by atoms with Crippen LogP contribution >= 0.6 is 0 Å². The topological polar surface area (TPSA) is 38.3 Å². The number of nitrogens with one attached hydrogen (secondary N) is 1. The minimum absolute atomic E-state index is 0.0767. The number of esters is 1. The maximum absolute atomic E-state index is 10.9. The van der Waals surface area contributed by atoms with E-state index in [-0.39, 0.29) is 11.9 Å². The predicted octanol–water partition coefficient (Wildman–Crippen LogP) is 0.159. The lowest BCUT2D eigenvalue weighted by Crippen LogP contribution is -2.34. The summed E-state index contributed by atoms with van der Waals surface area (Å²) in [4.78, 5) is 10.9. The summed E-state index contributed by atoms with van der Waals surface area (Å²) in [7, 11) is 1.44. The minimum atomic E-state index is -0.0767. The molecule has 10 heavy (non-hydrogen) atoms. The van der Waals surface area contributed by atoms with E-state index in [1.54, 1.807) is 0 Å². The molecule has 1 N–H and O–H groups in total. The van der Waals surface area contributed by atoms with Gasteiger partial charge in [0, 0.05) is 6.54 Å². The molecule has 0 aromatic rings. The summed E-state index contributed by atoms with van der Waals surface area (Å²) in [6.45, 7) is 1.82. The quantitative estimate of drug-likeness (QED) is 0.531. The molecule has 0 amide bonds. The van der Waals surface area contributed by atoms with Crippen molar-refractivity contribution in [1.29, 1.82) is 0 Å². The Labute approximate surface area is 60.7 Å². The Morgan fingerprint density at radius 1 is 1.70 bits per heavy atom. The van der Waals surface area contributed by atoms with Crippen molar-refractivity contribution in [3.8, 4) is 0 Å². The van der Waals surface area contributed by atoms with Crippen molar-refractivity contribution in [2.45, 2.75) is 12.8 Å². The van der Waals surface area contributed by atoms with Crippen LogP contribution in [0.25, 0.3) is 0 Å².